The first kappa shape index (κ1) is 9.84. The topological polar surface area (TPSA) is 23.8 Å². The minimum Gasteiger partial charge on any atom is -0.197 e. The van der Waals surface area contributed by atoms with Gasteiger partial charge in [0, 0.05) is 5.25 Å². The summed E-state index contributed by atoms with van der Waals surface area (Å²) in [5, 5.41) is 9.43. The van der Waals surface area contributed by atoms with Crippen LogP contribution in [-0.4, -0.2) is 10.5 Å². The van der Waals surface area contributed by atoms with E-state index < -0.39 is 0 Å². The van der Waals surface area contributed by atoms with Crippen LogP contribution in [0, 0.1) is 11.3 Å². The molecule has 0 heterocycles. The largest absolute Gasteiger partial charge is 0.197 e. The highest BCUT2D eigenvalue weighted by atomic mass is 32.2. The van der Waals surface area contributed by atoms with Crippen molar-refractivity contribution in [2.24, 2.45) is 0 Å². The van der Waals surface area contributed by atoms with E-state index in [0.717, 1.165) is 12.8 Å². The fraction of sp³-hybridized carbons (Fsp3) is 0.875. The van der Waals surface area contributed by atoms with Crippen LogP contribution in [0.1, 0.15) is 33.6 Å². The Morgan fingerprint density at radius 3 is 2.30 bits per heavy atom. The summed E-state index contributed by atoms with van der Waals surface area (Å²) >= 11 is 1.78. The van der Waals surface area contributed by atoms with Crippen molar-refractivity contribution < 1.29 is 0 Å². The SMILES string of the molecule is CCC(C)SC(C#N)CC. The lowest BCUT2D eigenvalue weighted by Gasteiger charge is -2.10. The lowest BCUT2D eigenvalue weighted by molar-refractivity contribution is 0.888. The third-order valence-electron chi connectivity index (χ3n) is 1.49. The van der Waals surface area contributed by atoms with Crippen molar-refractivity contribution in [3.8, 4) is 6.07 Å². The Morgan fingerprint density at radius 2 is 2.00 bits per heavy atom. The number of nitriles is 1. The number of nitrogens with zero attached hydrogens (tertiary/aromatic N) is 1. The molecule has 1 nitrogen and oxygen atoms in total. The number of hydrogen-bond acceptors (Lipinski definition) is 2. The summed E-state index contributed by atoms with van der Waals surface area (Å²) in [7, 11) is 0. The Morgan fingerprint density at radius 1 is 1.40 bits per heavy atom. The van der Waals surface area contributed by atoms with Gasteiger partial charge >= 0.3 is 0 Å². The Hall–Kier alpha value is -0.160. The van der Waals surface area contributed by atoms with E-state index in [1.165, 1.54) is 0 Å². The van der Waals surface area contributed by atoms with Gasteiger partial charge in [-0.3, -0.25) is 0 Å². The second-order valence-corrected chi connectivity index (χ2v) is 4.03. The summed E-state index contributed by atoms with van der Waals surface area (Å²) in [6.07, 6.45) is 2.12. The first-order chi connectivity index (χ1) is 4.74. The summed E-state index contributed by atoms with van der Waals surface area (Å²) in [5.74, 6) is 0. The summed E-state index contributed by atoms with van der Waals surface area (Å²) in [6, 6.07) is 2.28. The quantitative estimate of drug-likeness (QED) is 0.626. The molecule has 0 rings (SSSR count). The fourth-order valence-corrected chi connectivity index (χ4v) is 1.60. The van der Waals surface area contributed by atoms with Gasteiger partial charge in [-0.2, -0.15) is 5.26 Å². The summed E-state index contributed by atoms with van der Waals surface area (Å²) < 4.78 is 0. The molecule has 0 saturated carbocycles. The molecule has 0 aliphatic carbocycles. The number of rotatable bonds is 4. The maximum Gasteiger partial charge on any atom is 0.0916 e. The van der Waals surface area contributed by atoms with Crippen molar-refractivity contribution in [1.29, 1.82) is 5.26 Å². The van der Waals surface area contributed by atoms with Gasteiger partial charge in [-0.15, -0.1) is 11.8 Å². The molecule has 0 saturated heterocycles. The third-order valence-corrected chi connectivity index (χ3v) is 3.05. The highest BCUT2D eigenvalue weighted by molar-refractivity contribution is 8.00. The van der Waals surface area contributed by atoms with Gasteiger partial charge in [0.05, 0.1) is 11.3 Å². The van der Waals surface area contributed by atoms with Crippen LogP contribution in [0.25, 0.3) is 0 Å². The molecule has 2 atom stereocenters. The van der Waals surface area contributed by atoms with Crippen molar-refractivity contribution in [2.75, 3.05) is 0 Å². The highest BCUT2D eigenvalue weighted by Gasteiger charge is 2.08. The van der Waals surface area contributed by atoms with Crippen molar-refractivity contribution >= 4 is 11.8 Å². The van der Waals surface area contributed by atoms with E-state index in [-0.39, 0.29) is 5.25 Å². The van der Waals surface area contributed by atoms with E-state index in [2.05, 4.69) is 26.8 Å². The van der Waals surface area contributed by atoms with E-state index in [1.807, 2.05) is 0 Å². The first-order valence-corrected chi connectivity index (χ1v) is 4.73. The first-order valence-electron chi connectivity index (χ1n) is 3.79. The van der Waals surface area contributed by atoms with E-state index in [9.17, 15) is 0 Å². The Kier molecular flexibility index (Phi) is 5.52. The number of hydrogen-bond donors (Lipinski definition) is 0. The zero-order valence-corrected chi connectivity index (χ0v) is 7.74. The lowest BCUT2D eigenvalue weighted by atomic mass is 10.4. The van der Waals surface area contributed by atoms with Crippen LogP contribution in [0.2, 0.25) is 0 Å². The average Bonchev–Trinajstić information content (AvgIpc) is 1.99. The zero-order valence-electron chi connectivity index (χ0n) is 6.92. The maximum atomic E-state index is 8.60. The van der Waals surface area contributed by atoms with E-state index in [4.69, 9.17) is 5.26 Å². The van der Waals surface area contributed by atoms with Crippen LogP contribution in [-0.2, 0) is 0 Å². The highest BCUT2D eigenvalue weighted by Crippen LogP contribution is 2.21. The van der Waals surface area contributed by atoms with Crippen LogP contribution >= 0.6 is 11.8 Å². The predicted molar refractivity (Wildman–Crippen MR) is 47.0 cm³/mol. The van der Waals surface area contributed by atoms with Crippen LogP contribution in [0.4, 0.5) is 0 Å². The van der Waals surface area contributed by atoms with E-state index in [1.54, 1.807) is 11.8 Å². The minimum atomic E-state index is 0.204. The lowest BCUT2D eigenvalue weighted by Crippen LogP contribution is -2.03. The van der Waals surface area contributed by atoms with Crippen molar-refractivity contribution in [1.82, 2.24) is 0 Å². The Balaban J connectivity index is 3.54. The van der Waals surface area contributed by atoms with Gasteiger partial charge in [0.1, 0.15) is 0 Å². The molecule has 0 radical (unpaired) electrons. The van der Waals surface area contributed by atoms with Gasteiger partial charge in [-0.25, -0.2) is 0 Å². The average molecular weight is 157 g/mol. The van der Waals surface area contributed by atoms with Gasteiger partial charge in [0.15, 0.2) is 0 Å². The summed E-state index contributed by atoms with van der Waals surface area (Å²) in [6.45, 7) is 6.38. The molecule has 0 aliphatic rings. The molecule has 0 aromatic carbocycles. The van der Waals surface area contributed by atoms with Crippen molar-refractivity contribution in [3.63, 3.8) is 0 Å². The van der Waals surface area contributed by atoms with Crippen LogP contribution in [0.15, 0.2) is 0 Å². The second-order valence-electron chi connectivity index (χ2n) is 2.38. The Labute approximate surface area is 67.8 Å². The molecule has 0 bridgehead atoms. The van der Waals surface area contributed by atoms with Crippen LogP contribution in [0.5, 0.6) is 0 Å². The molecule has 0 spiro atoms. The summed E-state index contributed by atoms with van der Waals surface area (Å²) in [5.41, 5.74) is 0. The van der Waals surface area contributed by atoms with Crippen LogP contribution in [0.3, 0.4) is 0 Å². The molecule has 0 fully saturated rings. The molecule has 10 heavy (non-hydrogen) atoms. The van der Waals surface area contributed by atoms with Gasteiger partial charge in [0.25, 0.3) is 0 Å². The molecular formula is C8H15NS. The fourth-order valence-electron chi connectivity index (χ4n) is 0.595. The molecule has 2 heteroatoms. The normalized spacial score (nSPS) is 15.8. The second kappa shape index (κ2) is 5.61. The van der Waals surface area contributed by atoms with Gasteiger partial charge in [0.2, 0.25) is 0 Å². The molecule has 0 aromatic heterocycles. The molecule has 0 N–H and O–H groups in total. The molecule has 58 valence electrons. The third kappa shape index (κ3) is 3.79. The minimum absolute atomic E-state index is 0.204. The van der Waals surface area contributed by atoms with Crippen LogP contribution < -0.4 is 0 Å². The summed E-state index contributed by atoms with van der Waals surface area (Å²) in [4.78, 5) is 0. The van der Waals surface area contributed by atoms with E-state index >= 15 is 0 Å². The standard InChI is InChI=1S/C8H15NS/c1-4-7(3)10-8(5-2)6-9/h7-8H,4-5H2,1-3H3. The monoisotopic (exact) mass is 157 g/mol. The van der Waals surface area contributed by atoms with Gasteiger partial charge in [-0.1, -0.05) is 20.8 Å². The maximum absolute atomic E-state index is 8.60. The van der Waals surface area contributed by atoms with E-state index in [0.29, 0.717) is 5.25 Å². The Bertz CT molecular complexity index is 117. The smallest absolute Gasteiger partial charge is 0.0916 e. The van der Waals surface area contributed by atoms with Crippen molar-refractivity contribution in [2.45, 2.75) is 44.1 Å². The van der Waals surface area contributed by atoms with Gasteiger partial charge < -0.3 is 0 Å². The van der Waals surface area contributed by atoms with Crippen molar-refractivity contribution in [3.05, 3.63) is 0 Å². The molecule has 0 aromatic rings. The molecular weight excluding hydrogens is 142 g/mol. The van der Waals surface area contributed by atoms with Gasteiger partial charge in [-0.05, 0) is 12.8 Å². The predicted octanol–water partition coefficient (Wildman–Crippen LogP) is 2.82. The molecule has 2 unspecified atom stereocenters. The zero-order chi connectivity index (χ0) is 7.98. The number of thioether (sulfide) groups is 1. The molecule has 0 aliphatic heterocycles. The molecule has 0 amide bonds.